The van der Waals surface area contributed by atoms with Gasteiger partial charge in [0, 0.05) is 53.7 Å². The van der Waals surface area contributed by atoms with Crippen molar-refractivity contribution in [2.75, 3.05) is 32.2 Å². The molecule has 1 saturated heterocycles. The van der Waals surface area contributed by atoms with Crippen LogP contribution in [0.1, 0.15) is 24.1 Å². The van der Waals surface area contributed by atoms with Crippen LogP contribution >= 0.6 is 9.24 Å². The summed E-state index contributed by atoms with van der Waals surface area (Å²) in [5.74, 6) is 1.21. The molecule has 4 rings (SSSR count). The van der Waals surface area contributed by atoms with E-state index in [-0.39, 0.29) is 11.9 Å². The van der Waals surface area contributed by atoms with Crippen LogP contribution < -0.4 is 14.9 Å². The van der Waals surface area contributed by atoms with Crippen molar-refractivity contribution in [1.82, 2.24) is 9.97 Å². The molecule has 0 saturated carbocycles. The summed E-state index contributed by atoms with van der Waals surface area (Å²) in [4.78, 5) is 11.7. The molecule has 0 spiro atoms. The highest BCUT2D eigenvalue weighted by Crippen LogP contribution is 2.35. The Morgan fingerprint density at radius 3 is 2.53 bits per heavy atom. The van der Waals surface area contributed by atoms with Gasteiger partial charge in [0.05, 0.1) is 18.9 Å². The fraction of sp³-hybridized carbons (Fsp3) is 0.391. The number of hydrogen-bond donors (Lipinski definition) is 0. The molecule has 0 amide bonds. The van der Waals surface area contributed by atoms with Crippen LogP contribution in [0.2, 0.25) is 0 Å². The average molecular weight is 427 g/mol. The van der Waals surface area contributed by atoms with Crippen molar-refractivity contribution in [3.63, 3.8) is 0 Å². The molecule has 1 aliphatic heterocycles. The summed E-state index contributed by atoms with van der Waals surface area (Å²) >= 11 is 0. The van der Waals surface area contributed by atoms with Gasteiger partial charge in [-0.15, -0.1) is 9.24 Å². The largest absolute Gasteiger partial charge is 0.496 e. The van der Waals surface area contributed by atoms with Crippen LogP contribution in [0.25, 0.3) is 22.0 Å². The number of methoxy groups -OCH3 is 2. The van der Waals surface area contributed by atoms with E-state index in [9.17, 15) is 0 Å². The predicted octanol–water partition coefficient (Wildman–Crippen LogP) is 4.18. The summed E-state index contributed by atoms with van der Waals surface area (Å²) in [6.07, 6.45) is 4.00. The number of ether oxygens (including phenoxy) is 2. The van der Waals surface area contributed by atoms with E-state index in [0.717, 1.165) is 48.2 Å². The first-order valence-electron chi connectivity index (χ1n) is 10.1. The van der Waals surface area contributed by atoms with E-state index in [1.807, 2.05) is 19.2 Å². The zero-order valence-electron chi connectivity index (χ0n) is 17.8. The number of fused-ring (bicyclic) bond motifs is 1. The van der Waals surface area contributed by atoms with E-state index >= 15 is 4.39 Å². The molecule has 7 heteroatoms. The molecule has 1 unspecified atom stereocenters. The highest BCUT2D eigenvalue weighted by Gasteiger charge is 2.24. The standard InChI is InChI=1S/C23H27FN3O2P/c1-13-9-19(29-4)22(30)20(21(13)24)18-11-15-12-25-14(2)10-17(15)23(26-18)27-7-5-16(28-3)6-8-27/h9-12,16H,5-8,30H2,1-4H3. The normalized spacial score (nSPS) is 15.1. The Labute approximate surface area is 178 Å². The summed E-state index contributed by atoms with van der Waals surface area (Å²) < 4.78 is 26.2. The van der Waals surface area contributed by atoms with E-state index in [4.69, 9.17) is 14.5 Å². The second-order valence-electron chi connectivity index (χ2n) is 7.80. The number of piperidine rings is 1. The van der Waals surface area contributed by atoms with Gasteiger partial charge >= 0.3 is 0 Å². The lowest BCUT2D eigenvalue weighted by molar-refractivity contribution is 0.0818. The fourth-order valence-corrected chi connectivity index (χ4v) is 4.58. The minimum atomic E-state index is -0.281. The number of pyridine rings is 2. The van der Waals surface area contributed by atoms with Crippen molar-refractivity contribution in [3.8, 4) is 17.0 Å². The van der Waals surface area contributed by atoms with Crippen molar-refractivity contribution in [2.45, 2.75) is 32.8 Å². The minimum absolute atomic E-state index is 0.274. The summed E-state index contributed by atoms with van der Waals surface area (Å²) in [5.41, 5.74) is 2.49. The van der Waals surface area contributed by atoms with Gasteiger partial charge in [0.2, 0.25) is 0 Å². The van der Waals surface area contributed by atoms with Crippen molar-refractivity contribution >= 4 is 31.1 Å². The van der Waals surface area contributed by atoms with Gasteiger partial charge in [0.15, 0.2) is 0 Å². The molecule has 2 aromatic heterocycles. The summed E-state index contributed by atoms with van der Waals surface area (Å²) in [6.45, 7) is 5.41. The lowest BCUT2D eigenvalue weighted by atomic mass is 10.0. The number of anilines is 1. The zero-order valence-corrected chi connectivity index (χ0v) is 19.0. The third kappa shape index (κ3) is 3.75. The molecule has 3 aromatic rings. The van der Waals surface area contributed by atoms with Crippen LogP contribution in [0.15, 0.2) is 24.4 Å². The number of aryl methyl sites for hydroxylation is 2. The smallest absolute Gasteiger partial charge is 0.137 e. The van der Waals surface area contributed by atoms with Crippen molar-refractivity contribution in [3.05, 3.63) is 41.5 Å². The van der Waals surface area contributed by atoms with Crippen molar-refractivity contribution in [2.24, 2.45) is 0 Å². The maximum atomic E-state index is 15.2. The molecular formula is C23H27FN3O2P. The van der Waals surface area contributed by atoms with Crippen LogP contribution in [0, 0.1) is 19.7 Å². The Kier molecular flexibility index (Phi) is 5.90. The Hall–Kier alpha value is -2.30. The fourth-order valence-electron chi connectivity index (χ4n) is 4.10. The van der Waals surface area contributed by atoms with E-state index < -0.39 is 0 Å². The molecule has 1 fully saturated rings. The molecule has 1 aromatic carbocycles. The first-order valence-corrected chi connectivity index (χ1v) is 10.7. The van der Waals surface area contributed by atoms with E-state index in [2.05, 4.69) is 25.2 Å². The highest BCUT2D eigenvalue weighted by molar-refractivity contribution is 7.28. The van der Waals surface area contributed by atoms with Crippen molar-refractivity contribution < 1.29 is 13.9 Å². The van der Waals surface area contributed by atoms with Gasteiger partial charge in [-0.05, 0) is 50.5 Å². The van der Waals surface area contributed by atoms with E-state index in [1.165, 1.54) is 0 Å². The summed E-state index contributed by atoms with van der Waals surface area (Å²) in [6, 6.07) is 5.68. The molecule has 1 aliphatic rings. The van der Waals surface area contributed by atoms with Gasteiger partial charge in [0.25, 0.3) is 0 Å². The van der Waals surface area contributed by atoms with Crippen LogP contribution in [0.4, 0.5) is 10.2 Å². The molecule has 0 radical (unpaired) electrons. The number of rotatable bonds is 4. The topological polar surface area (TPSA) is 47.5 Å². The van der Waals surface area contributed by atoms with Crippen LogP contribution in [0.5, 0.6) is 5.75 Å². The van der Waals surface area contributed by atoms with Gasteiger partial charge in [-0.1, -0.05) is 0 Å². The SMILES string of the molecule is COc1cc(C)c(F)c(-c2cc3cnc(C)cc3c(N3CCC(OC)CC3)n2)c1P. The Morgan fingerprint density at radius 2 is 1.87 bits per heavy atom. The second-order valence-corrected chi connectivity index (χ2v) is 8.38. The minimum Gasteiger partial charge on any atom is -0.496 e. The van der Waals surface area contributed by atoms with Gasteiger partial charge < -0.3 is 14.4 Å². The van der Waals surface area contributed by atoms with Crippen LogP contribution in [-0.4, -0.2) is 43.4 Å². The van der Waals surface area contributed by atoms with Gasteiger partial charge in [-0.25, -0.2) is 9.37 Å². The predicted molar refractivity (Wildman–Crippen MR) is 123 cm³/mol. The molecule has 158 valence electrons. The van der Waals surface area contributed by atoms with Crippen molar-refractivity contribution in [1.29, 1.82) is 0 Å². The molecule has 0 N–H and O–H groups in total. The van der Waals surface area contributed by atoms with E-state index in [1.54, 1.807) is 27.2 Å². The third-order valence-electron chi connectivity index (χ3n) is 5.83. The quantitative estimate of drug-likeness (QED) is 0.585. The third-order valence-corrected chi connectivity index (χ3v) is 6.40. The second kappa shape index (κ2) is 8.44. The van der Waals surface area contributed by atoms with E-state index in [0.29, 0.717) is 27.9 Å². The monoisotopic (exact) mass is 427 g/mol. The lowest BCUT2D eigenvalue weighted by Gasteiger charge is -2.33. The summed E-state index contributed by atoms with van der Waals surface area (Å²) in [7, 11) is 5.96. The summed E-state index contributed by atoms with van der Waals surface area (Å²) in [5, 5.41) is 2.64. The number of hydrogen-bond acceptors (Lipinski definition) is 5. The highest BCUT2D eigenvalue weighted by atomic mass is 31.0. The molecule has 3 heterocycles. The molecular weight excluding hydrogens is 400 g/mol. The average Bonchev–Trinajstić information content (AvgIpc) is 2.76. The zero-order chi connectivity index (χ0) is 21.4. The number of aromatic nitrogens is 2. The first kappa shape index (κ1) is 21.0. The molecule has 0 aliphatic carbocycles. The Balaban J connectivity index is 1.92. The maximum Gasteiger partial charge on any atom is 0.137 e. The lowest BCUT2D eigenvalue weighted by Crippen LogP contribution is -2.37. The van der Waals surface area contributed by atoms with Gasteiger partial charge in [-0.2, -0.15) is 0 Å². The molecule has 5 nitrogen and oxygen atoms in total. The Morgan fingerprint density at radius 1 is 1.13 bits per heavy atom. The van der Waals surface area contributed by atoms with Gasteiger partial charge in [-0.3, -0.25) is 4.98 Å². The van der Waals surface area contributed by atoms with Crippen LogP contribution in [-0.2, 0) is 4.74 Å². The number of nitrogens with zero attached hydrogens (tertiary/aromatic N) is 3. The van der Waals surface area contributed by atoms with Gasteiger partial charge in [0.1, 0.15) is 17.4 Å². The molecule has 1 atom stereocenters. The number of halogens is 1. The molecule has 0 bridgehead atoms. The first-order chi connectivity index (χ1) is 14.4. The Bertz CT molecular complexity index is 1100. The number of benzene rings is 1. The van der Waals surface area contributed by atoms with Crippen LogP contribution in [0.3, 0.4) is 0 Å². The molecule has 30 heavy (non-hydrogen) atoms. The maximum absolute atomic E-state index is 15.2.